The molecule has 1 heterocycles. The van der Waals surface area contributed by atoms with E-state index in [1.807, 2.05) is 0 Å². The Morgan fingerprint density at radius 1 is 1.43 bits per heavy atom. The third kappa shape index (κ3) is 2.82. The first-order valence-electron chi connectivity index (χ1n) is 6.65. The van der Waals surface area contributed by atoms with Crippen molar-refractivity contribution in [2.45, 2.75) is 24.7 Å². The first kappa shape index (κ1) is 14.9. The van der Waals surface area contributed by atoms with Gasteiger partial charge in [-0.25, -0.2) is 4.79 Å². The average Bonchev–Trinajstić information content (AvgIpc) is 2.48. The Morgan fingerprint density at radius 2 is 2.05 bits per heavy atom. The van der Waals surface area contributed by atoms with E-state index in [1.54, 1.807) is 18.2 Å². The van der Waals surface area contributed by atoms with Crippen LogP contribution >= 0.6 is 0 Å². The van der Waals surface area contributed by atoms with Crippen LogP contribution in [0.15, 0.2) is 24.3 Å². The summed E-state index contributed by atoms with van der Waals surface area (Å²) in [6, 6.07) is 6.57. The third-order valence-corrected chi connectivity index (χ3v) is 4.10. The smallest absolute Gasteiger partial charge is 0.407 e. The lowest BCUT2D eigenvalue weighted by atomic mass is 9.70. The fourth-order valence-corrected chi connectivity index (χ4v) is 2.94. The summed E-state index contributed by atoms with van der Waals surface area (Å²) in [6.45, 7) is 0.673. The maximum absolute atomic E-state index is 11.2. The zero-order valence-electron chi connectivity index (χ0n) is 11.5. The minimum atomic E-state index is -0.966. The monoisotopic (exact) mass is 288 g/mol. The highest BCUT2D eigenvalue weighted by Crippen LogP contribution is 2.42. The molecule has 6 heteroatoms. The van der Waals surface area contributed by atoms with Crippen molar-refractivity contribution in [2.24, 2.45) is 0 Å². The second kappa shape index (κ2) is 5.83. The Morgan fingerprint density at radius 3 is 2.57 bits per heavy atom. The molecule has 1 N–H and O–H groups in total. The summed E-state index contributed by atoms with van der Waals surface area (Å²) in [7, 11) is 0. The summed E-state index contributed by atoms with van der Waals surface area (Å²) in [6.07, 6.45) is 5.84. The molecule has 0 aromatic heterocycles. The van der Waals surface area contributed by atoms with Gasteiger partial charge in [-0.15, -0.1) is 12.3 Å². The molecule has 1 aliphatic heterocycles. The Balaban J connectivity index is 2.39. The van der Waals surface area contributed by atoms with E-state index in [4.69, 9.17) is 11.5 Å². The Bertz CT molecular complexity index is 598. The number of hydrogen-bond donors (Lipinski definition) is 1. The van der Waals surface area contributed by atoms with Crippen LogP contribution in [0.5, 0.6) is 0 Å². The number of benzene rings is 1. The summed E-state index contributed by atoms with van der Waals surface area (Å²) in [5, 5.41) is 20.3. The molecule has 0 atom stereocenters. The lowest BCUT2D eigenvalue weighted by Gasteiger charge is -2.40. The van der Waals surface area contributed by atoms with Gasteiger partial charge in [0.1, 0.15) is 0 Å². The highest BCUT2D eigenvalue weighted by atomic mass is 16.6. The summed E-state index contributed by atoms with van der Waals surface area (Å²) >= 11 is 0. The van der Waals surface area contributed by atoms with E-state index in [2.05, 4.69) is 5.92 Å². The van der Waals surface area contributed by atoms with Crippen LogP contribution in [-0.2, 0) is 5.41 Å². The Kier molecular flexibility index (Phi) is 4.13. The van der Waals surface area contributed by atoms with Crippen molar-refractivity contribution in [1.82, 2.24) is 4.90 Å². The van der Waals surface area contributed by atoms with Gasteiger partial charge in [-0.05, 0) is 12.8 Å². The maximum Gasteiger partial charge on any atom is 0.407 e. The Hall–Kier alpha value is -2.55. The van der Waals surface area contributed by atoms with Crippen molar-refractivity contribution < 1.29 is 14.8 Å². The van der Waals surface area contributed by atoms with Crippen LogP contribution < -0.4 is 0 Å². The number of amides is 1. The number of rotatable bonds is 3. The van der Waals surface area contributed by atoms with Gasteiger partial charge in [0.25, 0.3) is 5.69 Å². The number of nitrogens with zero attached hydrogens (tertiary/aromatic N) is 2. The van der Waals surface area contributed by atoms with Gasteiger partial charge in [-0.3, -0.25) is 10.1 Å². The van der Waals surface area contributed by atoms with Crippen LogP contribution in [-0.4, -0.2) is 34.1 Å². The average molecular weight is 288 g/mol. The molecular formula is C15H16N2O4. The van der Waals surface area contributed by atoms with E-state index in [1.165, 1.54) is 11.0 Å². The maximum atomic E-state index is 11.2. The topological polar surface area (TPSA) is 83.7 Å². The molecule has 1 fully saturated rings. The van der Waals surface area contributed by atoms with Crippen molar-refractivity contribution in [3.05, 3.63) is 39.9 Å². The molecule has 1 aromatic carbocycles. The molecule has 0 aliphatic carbocycles. The number of terminal acetylenes is 1. The predicted octanol–water partition coefficient (Wildman–Crippen LogP) is 2.63. The first-order chi connectivity index (χ1) is 10.00. The van der Waals surface area contributed by atoms with E-state index in [-0.39, 0.29) is 5.69 Å². The first-order valence-corrected chi connectivity index (χ1v) is 6.65. The van der Waals surface area contributed by atoms with Gasteiger partial charge in [0.2, 0.25) is 0 Å². The van der Waals surface area contributed by atoms with Crippen molar-refractivity contribution in [3.8, 4) is 12.3 Å². The second-order valence-corrected chi connectivity index (χ2v) is 5.21. The van der Waals surface area contributed by atoms with Gasteiger partial charge in [0.15, 0.2) is 0 Å². The van der Waals surface area contributed by atoms with Crippen LogP contribution in [0.1, 0.15) is 24.8 Å². The number of carboxylic acid groups (broad SMARTS) is 1. The third-order valence-electron chi connectivity index (χ3n) is 4.10. The van der Waals surface area contributed by atoms with E-state index >= 15 is 0 Å². The van der Waals surface area contributed by atoms with Crippen LogP contribution in [0.25, 0.3) is 0 Å². The summed E-state index contributed by atoms with van der Waals surface area (Å²) in [5.74, 6) is 2.60. The molecule has 0 bridgehead atoms. The number of likely N-dealkylation sites (tertiary alicyclic amines) is 1. The molecule has 0 spiro atoms. The van der Waals surface area contributed by atoms with Crippen LogP contribution in [0.4, 0.5) is 10.5 Å². The number of para-hydroxylation sites is 1. The molecule has 2 rings (SSSR count). The number of piperidine rings is 1. The van der Waals surface area contributed by atoms with Gasteiger partial charge in [0, 0.05) is 36.6 Å². The lowest BCUT2D eigenvalue weighted by Crippen LogP contribution is -2.44. The summed E-state index contributed by atoms with van der Waals surface area (Å²) in [4.78, 5) is 23.2. The van der Waals surface area contributed by atoms with Crippen molar-refractivity contribution in [2.75, 3.05) is 13.1 Å². The fraction of sp³-hybridized carbons (Fsp3) is 0.400. The van der Waals surface area contributed by atoms with Gasteiger partial charge in [-0.1, -0.05) is 18.2 Å². The Labute approximate surface area is 122 Å². The fourth-order valence-electron chi connectivity index (χ4n) is 2.94. The molecule has 1 amide bonds. The standard InChI is InChI=1S/C15H16N2O4/c1-2-7-15(8-10-16(11-9-15)14(18)19)12-5-3-4-6-13(12)17(20)21/h1,3-6H,7-11H2,(H,18,19). The number of carbonyl (C=O) groups is 1. The normalized spacial score (nSPS) is 17.0. The highest BCUT2D eigenvalue weighted by molar-refractivity contribution is 5.65. The number of nitro groups is 1. The number of nitro benzene ring substituents is 1. The quantitative estimate of drug-likeness (QED) is 0.526. The summed E-state index contributed by atoms with van der Waals surface area (Å²) in [5.41, 5.74) is 0.138. The second-order valence-electron chi connectivity index (χ2n) is 5.21. The van der Waals surface area contributed by atoms with E-state index in [0.717, 1.165) is 0 Å². The van der Waals surface area contributed by atoms with E-state index in [9.17, 15) is 14.9 Å². The SMILES string of the molecule is C#CCC1(c2ccccc2[N+](=O)[O-])CCN(C(=O)O)CC1. The molecule has 0 saturated carbocycles. The largest absolute Gasteiger partial charge is 0.465 e. The van der Waals surface area contributed by atoms with Crippen molar-refractivity contribution >= 4 is 11.8 Å². The highest BCUT2D eigenvalue weighted by Gasteiger charge is 2.40. The van der Waals surface area contributed by atoms with E-state index in [0.29, 0.717) is 37.9 Å². The zero-order chi connectivity index (χ0) is 15.5. The molecule has 110 valence electrons. The minimum Gasteiger partial charge on any atom is -0.465 e. The van der Waals surface area contributed by atoms with Crippen molar-refractivity contribution in [1.29, 1.82) is 0 Å². The minimum absolute atomic E-state index is 0.0523. The zero-order valence-corrected chi connectivity index (χ0v) is 11.5. The summed E-state index contributed by atoms with van der Waals surface area (Å²) < 4.78 is 0. The van der Waals surface area contributed by atoms with Crippen LogP contribution in [0.3, 0.4) is 0 Å². The van der Waals surface area contributed by atoms with Crippen molar-refractivity contribution in [3.63, 3.8) is 0 Å². The van der Waals surface area contributed by atoms with Crippen LogP contribution in [0.2, 0.25) is 0 Å². The van der Waals surface area contributed by atoms with E-state index < -0.39 is 16.4 Å². The molecule has 21 heavy (non-hydrogen) atoms. The molecule has 6 nitrogen and oxygen atoms in total. The molecule has 1 aromatic rings. The molecule has 1 saturated heterocycles. The van der Waals surface area contributed by atoms with Gasteiger partial charge in [-0.2, -0.15) is 0 Å². The van der Waals surface area contributed by atoms with Crippen LogP contribution in [0, 0.1) is 22.5 Å². The number of hydrogen-bond acceptors (Lipinski definition) is 3. The molecular weight excluding hydrogens is 272 g/mol. The lowest BCUT2D eigenvalue weighted by molar-refractivity contribution is -0.386. The van der Waals surface area contributed by atoms with Gasteiger partial charge < -0.3 is 10.0 Å². The van der Waals surface area contributed by atoms with Gasteiger partial charge in [0.05, 0.1) is 4.92 Å². The molecule has 0 unspecified atom stereocenters. The molecule has 1 aliphatic rings. The van der Waals surface area contributed by atoms with Gasteiger partial charge >= 0.3 is 6.09 Å². The molecule has 0 radical (unpaired) electrons. The predicted molar refractivity (Wildman–Crippen MR) is 77.1 cm³/mol.